The molecule has 1 fully saturated rings. The lowest BCUT2D eigenvalue weighted by Gasteiger charge is -2.17. The Kier molecular flexibility index (Phi) is 5.35. The first kappa shape index (κ1) is 18.1. The predicted octanol–water partition coefficient (Wildman–Crippen LogP) is 1.30. The van der Waals surface area contributed by atoms with Gasteiger partial charge in [0.15, 0.2) is 5.66 Å². The lowest BCUT2D eigenvalue weighted by Crippen LogP contribution is -2.32. The predicted molar refractivity (Wildman–Crippen MR) is 98.0 cm³/mol. The van der Waals surface area contributed by atoms with Gasteiger partial charge in [0.05, 0.1) is 12.1 Å². The standard InChI is InChI=1S/C18H24N6O2/c1-3-4-7-18(22-23-18)8-9-19-15(25)12-14-13(2)20-17(21-16(14)26)24-10-5-6-11-24/h1H,4-12H2,2H3,(H,19,25)(H,20,21,26). The van der Waals surface area contributed by atoms with Gasteiger partial charge in [0.1, 0.15) is 0 Å². The second-order valence-corrected chi connectivity index (χ2v) is 6.81. The molecule has 1 amide bonds. The van der Waals surface area contributed by atoms with Crippen molar-refractivity contribution in [3.63, 3.8) is 0 Å². The summed E-state index contributed by atoms with van der Waals surface area (Å²) in [5, 5.41) is 10.9. The summed E-state index contributed by atoms with van der Waals surface area (Å²) in [5.41, 5.74) is 0.357. The van der Waals surface area contributed by atoms with Crippen molar-refractivity contribution in [1.82, 2.24) is 15.3 Å². The van der Waals surface area contributed by atoms with Gasteiger partial charge in [-0.25, -0.2) is 4.98 Å². The molecule has 0 saturated carbocycles. The first-order chi connectivity index (χ1) is 12.5. The molecule has 0 atom stereocenters. The van der Waals surface area contributed by atoms with Crippen LogP contribution < -0.4 is 15.8 Å². The highest BCUT2D eigenvalue weighted by Gasteiger charge is 2.38. The van der Waals surface area contributed by atoms with Crippen LogP contribution in [0.4, 0.5) is 5.95 Å². The number of terminal acetylenes is 1. The molecule has 0 aromatic carbocycles. The molecule has 0 unspecified atom stereocenters. The van der Waals surface area contributed by atoms with Crippen molar-refractivity contribution >= 4 is 11.9 Å². The fourth-order valence-electron chi connectivity index (χ4n) is 3.18. The van der Waals surface area contributed by atoms with Crippen molar-refractivity contribution in [2.75, 3.05) is 24.5 Å². The van der Waals surface area contributed by atoms with E-state index >= 15 is 0 Å². The molecule has 0 spiro atoms. The summed E-state index contributed by atoms with van der Waals surface area (Å²) < 4.78 is 0. The topological polar surface area (TPSA) is 103 Å². The quantitative estimate of drug-likeness (QED) is 0.685. The van der Waals surface area contributed by atoms with E-state index in [-0.39, 0.29) is 17.9 Å². The number of rotatable bonds is 8. The minimum atomic E-state index is -0.411. The number of hydrogen-bond acceptors (Lipinski definition) is 6. The molecule has 8 nitrogen and oxygen atoms in total. The minimum absolute atomic E-state index is 0.0140. The second-order valence-electron chi connectivity index (χ2n) is 6.81. The maximum absolute atomic E-state index is 12.4. The lowest BCUT2D eigenvalue weighted by atomic mass is 10.0. The Hall–Kier alpha value is -2.69. The van der Waals surface area contributed by atoms with E-state index in [4.69, 9.17) is 6.42 Å². The molecular formula is C18H24N6O2. The van der Waals surface area contributed by atoms with Crippen molar-refractivity contribution in [3.05, 3.63) is 21.6 Å². The van der Waals surface area contributed by atoms with Crippen molar-refractivity contribution in [1.29, 1.82) is 0 Å². The van der Waals surface area contributed by atoms with Crippen LogP contribution >= 0.6 is 0 Å². The molecule has 0 aliphatic carbocycles. The van der Waals surface area contributed by atoms with Gasteiger partial charge < -0.3 is 10.2 Å². The first-order valence-electron chi connectivity index (χ1n) is 9.02. The third kappa shape index (κ3) is 4.28. The average Bonchev–Trinajstić information content (AvgIpc) is 3.16. The third-order valence-corrected chi connectivity index (χ3v) is 4.85. The number of nitrogens with zero attached hydrogens (tertiary/aromatic N) is 4. The molecule has 138 valence electrons. The highest BCUT2D eigenvalue weighted by atomic mass is 16.2. The van der Waals surface area contributed by atoms with Crippen LogP contribution in [-0.4, -0.2) is 41.2 Å². The molecule has 8 heteroatoms. The summed E-state index contributed by atoms with van der Waals surface area (Å²) >= 11 is 0. The van der Waals surface area contributed by atoms with E-state index in [9.17, 15) is 9.59 Å². The Bertz CT molecular complexity index is 795. The zero-order valence-corrected chi connectivity index (χ0v) is 15.0. The van der Waals surface area contributed by atoms with Crippen molar-refractivity contribution in [2.24, 2.45) is 10.2 Å². The molecule has 1 aromatic rings. The molecule has 1 saturated heterocycles. The van der Waals surface area contributed by atoms with Crippen LogP contribution in [0.2, 0.25) is 0 Å². The van der Waals surface area contributed by atoms with E-state index < -0.39 is 5.66 Å². The van der Waals surface area contributed by atoms with Crippen LogP contribution in [0.15, 0.2) is 15.0 Å². The van der Waals surface area contributed by atoms with Gasteiger partial charge in [0.25, 0.3) is 5.56 Å². The number of carbonyl (C=O) groups is 1. The van der Waals surface area contributed by atoms with Gasteiger partial charge in [-0.2, -0.15) is 10.2 Å². The van der Waals surface area contributed by atoms with E-state index in [0.29, 0.717) is 43.0 Å². The fourth-order valence-corrected chi connectivity index (χ4v) is 3.18. The van der Waals surface area contributed by atoms with Gasteiger partial charge in [-0.3, -0.25) is 14.6 Å². The van der Waals surface area contributed by atoms with E-state index in [1.165, 1.54) is 0 Å². The van der Waals surface area contributed by atoms with E-state index in [1.54, 1.807) is 6.92 Å². The summed E-state index contributed by atoms with van der Waals surface area (Å²) in [4.78, 5) is 33.9. The van der Waals surface area contributed by atoms with Crippen LogP contribution in [0.25, 0.3) is 0 Å². The molecule has 0 bridgehead atoms. The molecule has 2 aliphatic heterocycles. The van der Waals surface area contributed by atoms with Crippen LogP contribution in [-0.2, 0) is 11.2 Å². The Morgan fingerprint density at radius 1 is 1.35 bits per heavy atom. The summed E-state index contributed by atoms with van der Waals surface area (Å²) in [6.45, 7) is 4.03. The molecule has 2 aliphatic rings. The number of carbonyl (C=O) groups excluding carboxylic acids is 1. The third-order valence-electron chi connectivity index (χ3n) is 4.85. The maximum Gasteiger partial charge on any atom is 0.256 e. The van der Waals surface area contributed by atoms with Crippen LogP contribution in [0, 0.1) is 19.3 Å². The number of hydrogen-bond donors (Lipinski definition) is 2. The number of H-pyrrole nitrogens is 1. The average molecular weight is 356 g/mol. The van der Waals surface area contributed by atoms with Crippen molar-refractivity contribution in [2.45, 2.75) is 51.1 Å². The van der Waals surface area contributed by atoms with E-state index in [0.717, 1.165) is 25.9 Å². The van der Waals surface area contributed by atoms with Gasteiger partial charge in [-0.15, -0.1) is 12.3 Å². The van der Waals surface area contributed by atoms with Crippen LogP contribution in [0.3, 0.4) is 0 Å². The summed E-state index contributed by atoms with van der Waals surface area (Å²) in [7, 11) is 0. The minimum Gasteiger partial charge on any atom is -0.356 e. The fraction of sp³-hybridized carbons (Fsp3) is 0.611. The Balaban J connectivity index is 1.52. The molecule has 2 N–H and O–H groups in total. The highest BCUT2D eigenvalue weighted by Crippen LogP contribution is 2.35. The van der Waals surface area contributed by atoms with Crippen molar-refractivity contribution < 1.29 is 4.79 Å². The Morgan fingerprint density at radius 2 is 2.08 bits per heavy atom. The van der Waals surface area contributed by atoms with Gasteiger partial charge in [-0.1, -0.05) is 0 Å². The van der Waals surface area contributed by atoms with Gasteiger partial charge in [0, 0.05) is 44.5 Å². The smallest absolute Gasteiger partial charge is 0.256 e. The first-order valence-corrected chi connectivity index (χ1v) is 9.02. The van der Waals surface area contributed by atoms with Gasteiger partial charge in [-0.05, 0) is 19.8 Å². The molecule has 26 heavy (non-hydrogen) atoms. The number of aromatic nitrogens is 2. The maximum atomic E-state index is 12.4. The van der Waals surface area contributed by atoms with E-state index in [2.05, 4.69) is 36.3 Å². The number of anilines is 1. The largest absolute Gasteiger partial charge is 0.356 e. The second kappa shape index (κ2) is 7.68. The molecular weight excluding hydrogens is 332 g/mol. The SMILES string of the molecule is C#CCCC1(CCNC(=O)Cc2c(C)nc(N3CCCC3)[nH]c2=O)N=N1. The van der Waals surface area contributed by atoms with Crippen molar-refractivity contribution in [3.8, 4) is 12.3 Å². The van der Waals surface area contributed by atoms with E-state index in [1.807, 2.05) is 0 Å². The molecule has 1 aromatic heterocycles. The number of amides is 1. The number of aromatic amines is 1. The normalized spacial score (nSPS) is 17.2. The molecule has 3 rings (SSSR count). The van der Waals surface area contributed by atoms with Gasteiger partial charge >= 0.3 is 0 Å². The lowest BCUT2D eigenvalue weighted by molar-refractivity contribution is -0.120. The summed E-state index contributed by atoms with van der Waals surface area (Å²) in [6, 6.07) is 0. The summed E-state index contributed by atoms with van der Waals surface area (Å²) in [6.07, 6.45) is 9.44. The monoisotopic (exact) mass is 356 g/mol. The van der Waals surface area contributed by atoms with Gasteiger partial charge in [0.2, 0.25) is 11.9 Å². The zero-order valence-electron chi connectivity index (χ0n) is 15.0. The van der Waals surface area contributed by atoms with Crippen LogP contribution in [0.1, 0.15) is 43.4 Å². The molecule has 3 heterocycles. The number of aryl methyl sites for hydroxylation is 1. The zero-order chi connectivity index (χ0) is 18.6. The number of nitrogens with one attached hydrogen (secondary N) is 2. The van der Waals surface area contributed by atoms with Crippen LogP contribution in [0.5, 0.6) is 0 Å². The Labute approximate surface area is 152 Å². The summed E-state index contributed by atoms with van der Waals surface area (Å²) in [5.74, 6) is 2.97. The molecule has 0 radical (unpaired) electrons. The Morgan fingerprint density at radius 3 is 2.69 bits per heavy atom. The highest BCUT2D eigenvalue weighted by molar-refractivity contribution is 5.78.